The van der Waals surface area contributed by atoms with E-state index in [4.69, 9.17) is 5.11 Å². The van der Waals surface area contributed by atoms with Crippen molar-refractivity contribution in [3.63, 3.8) is 0 Å². The second-order valence-corrected chi connectivity index (χ2v) is 6.96. The zero-order valence-electron chi connectivity index (χ0n) is 12.3. The zero-order chi connectivity index (χ0) is 14.9. The van der Waals surface area contributed by atoms with Gasteiger partial charge in [-0.15, -0.1) is 0 Å². The molecule has 1 aromatic rings. The second-order valence-electron chi connectivity index (χ2n) is 6.96. The SMILES string of the molecule is O=C(O)Nc1ccc(CC23CCC(CO)(CC2)CC3)cc1. The van der Waals surface area contributed by atoms with Crippen LogP contribution >= 0.6 is 0 Å². The second kappa shape index (κ2) is 5.34. The van der Waals surface area contributed by atoms with E-state index in [0.717, 1.165) is 25.7 Å². The average Bonchev–Trinajstić information content (AvgIpc) is 2.51. The molecular formula is C17H23NO3. The fourth-order valence-electron chi connectivity index (χ4n) is 4.11. The lowest BCUT2D eigenvalue weighted by molar-refractivity contribution is -0.0418. The van der Waals surface area contributed by atoms with E-state index in [1.165, 1.54) is 24.8 Å². The lowest BCUT2D eigenvalue weighted by Crippen LogP contribution is -2.44. The Labute approximate surface area is 125 Å². The number of hydrogen-bond donors (Lipinski definition) is 3. The van der Waals surface area contributed by atoms with Crippen LogP contribution in [0.15, 0.2) is 24.3 Å². The minimum absolute atomic E-state index is 0.219. The van der Waals surface area contributed by atoms with Crippen molar-refractivity contribution in [2.24, 2.45) is 10.8 Å². The summed E-state index contributed by atoms with van der Waals surface area (Å²) in [4.78, 5) is 10.6. The summed E-state index contributed by atoms with van der Waals surface area (Å²) in [6.07, 6.45) is 7.14. The Bertz CT molecular complexity index is 499. The van der Waals surface area contributed by atoms with E-state index in [1.807, 2.05) is 24.3 Å². The van der Waals surface area contributed by atoms with Crippen molar-refractivity contribution in [1.29, 1.82) is 0 Å². The van der Waals surface area contributed by atoms with E-state index < -0.39 is 6.09 Å². The third-order valence-corrected chi connectivity index (χ3v) is 5.68. The summed E-state index contributed by atoms with van der Waals surface area (Å²) >= 11 is 0. The van der Waals surface area contributed by atoms with Crippen molar-refractivity contribution in [3.05, 3.63) is 29.8 Å². The maximum atomic E-state index is 10.6. The van der Waals surface area contributed by atoms with E-state index in [1.54, 1.807) is 0 Å². The topological polar surface area (TPSA) is 69.6 Å². The maximum absolute atomic E-state index is 10.6. The molecule has 0 radical (unpaired) electrons. The van der Waals surface area contributed by atoms with Crippen LogP contribution in [-0.4, -0.2) is 22.9 Å². The normalized spacial score (nSPS) is 31.1. The molecule has 3 saturated carbocycles. The van der Waals surface area contributed by atoms with E-state index in [0.29, 0.717) is 17.7 Å². The molecule has 0 aromatic heterocycles. The predicted octanol–water partition coefficient (Wildman–Crippen LogP) is 3.65. The van der Waals surface area contributed by atoms with Crippen molar-refractivity contribution in [1.82, 2.24) is 0 Å². The Hall–Kier alpha value is -1.55. The molecule has 0 spiro atoms. The summed E-state index contributed by atoms with van der Waals surface area (Å²) in [5.74, 6) is 0. The van der Waals surface area contributed by atoms with Crippen LogP contribution in [0.4, 0.5) is 10.5 Å². The minimum Gasteiger partial charge on any atom is -0.465 e. The van der Waals surface area contributed by atoms with Crippen molar-refractivity contribution < 1.29 is 15.0 Å². The first-order chi connectivity index (χ1) is 10.0. The van der Waals surface area contributed by atoms with Gasteiger partial charge in [-0.25, -0.2) is 4.79 Å². The number of nitrogens with one attached hydrogen (secondary N) is 1. The number of aliphatic hydroxyl groups is 1. The van der Waals surface area contributed by atoms with Crippen molar-refractivity contribution in [2.45, 2.75) is 44.9 Å². The van der Waals surface area contributed by atoms with E-state index in [2.05, 4.69) is 5.32 Å². The quantitative estimate of drug-likeness (QED) is 0.792. The number of carbonyl (C=O) groups is 1. The molecule has 4 heteroatoms. The molecular weight excluding hydrogens is 266 g/mol. The first kappa shape index (κ1) is 14.4. The number of aliphatic hydroxyl groups excluding tert-OH is 1. The van der Waals surface area contributed by atoms with Gasteiger partial charge in [-0.05, 0) is 73.5 Å². The third-order valence-electron chi connectivity index (χ3n) is 5.68. The Morgan fingerprint density at radius 2 is 1.52 bits per heavy atom. The summed E-state index contributed by atoms with van der Waals surface area (Å²) in [6, 6.07) is 7.73. The molecule has 0 unspecified atom stereocenters. The lowest BCUT2D eigenvalue weighted by Gasteiger charge is -2.53. The monoisotopic (exact) mass is 289 g/mol. The molecule has 21 heavy (non-hydrogen) atoms. The van der Waals surface area contributed by atoms with Gasteiger partial charge in [-0.3, -0.25) is 5.32 Å². The summed E-state index contributed by atoms with van der Waals surface area (Å²) in [5.41, 5.74) is 2.52. The van der Waals surface area contributed by atoms with Gasteiger partial charge in [-0.2, -0.15) is 0 Å². The standard InChI is InChI=1S/C17H23NO3/c19-12-17-8-5-16(6-9-17,7-10-17)11-13-1-3-14(4-2-13)18-15(20)21/h1-4,18-19H,5-12H2,(H,20,21). The predicted molar refractivity (Wildman–Crippen MR) is 81.4 cm³/mol. The molecule has 3 aliphatic rings. The first-order valence-corrected chi connectivity index (χ1v) is 7.75. The number of hydrogen-bond acceptors (Lipinski definition) is 2. The summed E-state index contributed by atoms with van der Waals surface area (Å²) in [6.45, 7) is 0.346. The molecule has 0 aliphatic heterocycles. The van der Waals surface area contributed by atoms with Crippen LogP contribution in [0.25, 0.3) is 0 Å². The molecule has 3 N–H and O–H groups in total. The number of amides is 1. The Morgan fingerprint density at radius 1 is 1.00 bits per heavy atom. The zero-order valence-corrected chi connectivity index (χ0v) is 12.3. The highest BCUT2D eigenvalue weighted by Gasteiger charge is 2.47. The van der Waals surface area contributed by atoms with Gasteiger partial charge < -0.3 is 10.2 Å². The molecule has 0 atom stereocenters. The van der Waals surface area contributed by atoms with E-state index in [-0.39, 0.29) is 5.41 Å². The minimum atomic E-state index is -1.03. The Balaban J connectivity index is 1.66. The summed E-state index contributed by atoms with van der Waals surface area (Å²) in [7, 11) is 0. The van der Waals surface area contributed by atoms with Crippen LogP contribution in [0.1, 0.15) is 44.1 Å². The molecule has 0 saturated heterocycles. The van der Waals surface area contributed by atoms with Gasteiger partial charge in [0.25, 0.3) is 0 Å². The summed E-state index contributed by atoms with van der Waals surface area (Å²) in [5, 5.41) is 20.7. The number of rotatable bonds is 4. The van der Waals surface area contributed by atoms with E-state index >= 15 is 0 Å². The van der Waals surface area contributed by atoms with Crippen LogP contribution in [0, 0.1) is 10.8 Å². The average molecular weight is 289 g/mol. The lowest BCUT2D eigenvalue weighted by atomic mass is 9.52. The van der Waals surface area contributed by atoms with Gasteiger partial charge in [0.15, 0.2) is 0 Å². The van der Waals surface area contributed by atoms with Crippen LogP contribution < -0.4 is 5.32 Å². The summed E-state index contributed by atoms with van der Waals surface area (Å²) < 4.78 is 0. The Morgan fingerprint density at radius 3 is 2.00 bits per heavy atom. The highest BCUT2D eigenvalue weighted by atomic mass is 16.4. The van der Waals surface area contributed by atoms with Crippen molar-refractivity contribution in [3.8, 4) is 0 Å². The fourth-order valence-corrected chi connectivity index (χ4v) is 4.11. The Kier molecular flexibility index (Phi) is 3.66. The van der Waals surface area contributed by atoms with Crippen LogP contribution in [0.2, 0.25) is 0 Å². The van der Waals surface area contributed by atoms with Gasteiger partial charge >= 0.3 is 6.09 Å². The van der Waals surface area contributed by atoms with E-state index in [9.17, 15) is 9.90 Å². The molecule has 0 heterocycles. The maximum Gasteiger partial charge on any atom is 0.409 e. The molecule has 4 rings (SSSR count). The first-order valence-electron chi connectivity index (χ1n) is 7.75. The van der Waals surface area contributed by atoms with Crippen LogP contribution in [0.5, 0.6) is 0 Å². The molecule has 3 aliphatic carbocycles. The number of benzene rings is 1. The van der Waals surface area contributed by atoms with Gasteiger partial charge in [0.2, 0.25) is 0 Å². The van der Waals surface area contributed by atoms with Gasteiger partial charge in [0.05, 0.1) is 0 Å². The van der Waals surface area contributed by atoms with Gasteiger partial charge in [-0.1, -0.05) is 12.1 Å². The highest BCUT2D eigenvalue weighted by Crippen LogP contribution is 2.57. The highest BCUT2D eigenvalue weighted by molar-refractivity contribution is 5.82. The van der Waals surface area contributed by atoms with Crippen LogP contribution in [-0.2, 0) is 6.42 Å². The molecule has 1 aromatic carbocycles. The molecule has 3 fully saturated rings. The smallest absolute Gasteiger partial charge is 0.409 e. The van der Waals surface area contributed by atoms with Crippen molar-refractivity contribution in [2.75, 3.05) is 11.9 Å². The number of anilines is 1. The molecule has 4 nitrogen and oxygen atoms in total. The third kappa shape index (κ3) is 2.91. The molecule has 1 amide bonds. The van der Waals surface area contributed by atoms with Gasteiger partial charge in [0.1, 0.15) is 0 Å². The molecule has 2 bridgehead atoms. The number of carboxylic acid groups (broad SMARTS) is 1. The number of fused-ring (bicyclic) bond motifs is 3. The van der Waals surface area contributed by atoms with Gasteiger partial charge in [0, 0.05) is 12.3 Å². The largest absolute Gasteiger partial charge is 0.465 e. The van der Waals surface area contributed by atoms with Crippen LogP contribution in [0.3, 0.4) is 0 Å². The fraction of sp³-hybridized carbons (Fsp3) is 0.588. The molecule has 114 valence electrons. The van der Waals surface area contributed by atoms with Crippen molar-refractivity contribution >= 4 is 11.8 Å².